The molecule has 5 rings (SSSR count). The first-order valence-corrected chi connectivity index (χ1v) is 12.0. The largest absolute Gasteiger partial charge is 0.493 e. The fourth-order valence-electron chi connectivity index (χ4n) is 3.82. The van der Waals surface area contributed by atoms with Gasteiger partial charge in [0, 0.05) is 28.4 Å². The van der Waals surface area contributed by atoms with Crippen LogP contribution in [0.5, 0.6) is 11.5 Å². The van der Waals surface area contributed by atoms with Crippen molar-refractivity contribution in [2.75, 3.05) is 12.4 Å². The van der Waals surface area contributed by atoms with E-state index in [0.29, 0.717) is 27.8 Å². The summed E-state index contributed by atoms with van der Waals surface area (Å²) in [7, 11) is 1.59. The van der Waals surface area contributed by atoms with Crippen LogP contribution >= 0.6 is 11.3 Å². The lowest BCUT2D eigenvalue weighted by atomic mass is 10.1. The summed E-state index contributed by atoms with van der Waals surface area (Å²) in [4.78, 5) is 18.7. The second-order valence-corrected chi connectivity index (χ2v) is 9.21. The molecule has 0 aliphatic rings. The molecule has 2 heterocycles. The van der Waals surface area contributed by atoms with E-state index in [0.717, 1.165) is 16.7 Å². The fraction of sp³-hybridized carbons (Fsp3) is 0.143. The SMILES string of the molecule is COc1ccccc1OCc1c(C(=O)Nc2ncc(Cc3ccc(C)cc3)s2)oc2ccccc12. The predicted molar refractivity (Wildman–Crippen MR) is 138 cm³/mol. The summed E-state index contributed by atoms with van der Waals surface area (Å²) in [6.07, 6.45) is 2.56. The van der Waals surface area contributed by atoms with Crippen molar-refractivity contribution >= 4 is 33.3 Å². The lowest BCUT2D eigenvalue weighted by Crippen LogP contribution is -2.13. The van der Waals surface area contributed by atoms with E-state index in [2.05, 4.69) is 41.5 Å². The Balaban J connectivity index is 1.36. The molecule has 0 bridgehead atoms. The van der Waals surface area contributed by atoms with Crippen LogP contribution in [0.2, 0.25) is 0 Å². The summed E-state index contributed by atoms with van der Waals surface area (Å²) < 4.78 is 17.3. The molecule has 3 aromatic carbocycles. The molecule has 0 saturated heterocycles. The number of fused-ring (bicyclic) bond motifs is 1. The smallest absolute Gasteiger partial charge is 0.293 e. The van der Waals surface area contributed by atoms with Crippen LogP contribution in [0.4, 0.5) is 5.13 Å². The van der Waals surface area contributed by atoms with Gasteiger partial charge in [-0.1, -0.05) is 60.2 Å². The predicted octanol–water partition coefficient (Wildman–Crippen LogP) is 6.63. The Morgan fingerprint density at radius 1 is 1.00 bits per heavy atom. The van der Waals surface area contributed by atoms with Crippen molar-refractivity contribution in [2.45, 2.75) is 20.0 Å². The van der Waals surface area contributed by atoms with Gasteiger partial charge in [-0.25, -0.2) is 4.98 Å². The molecule has 0 fully saturated rings. The van der Waals surface area contributed by atoms with Crippen molar-refractivity contribution in [3.8, 4) is 11.5 Å². The Morgan fingerprint density at radius 2 is 1.74 bits per heavy atom. The van der Waals surface area contributed by atoms with E-state index in [1.165, 1.54) is 22.5 Å². The summed E-state index contributed by atoms with van der Waals surface area (Å²) in [5.74, 6) is 1.05. The van der Waals surface area contributed by atoms with Crippen LogP contribution in [0.15, 0.2) is 83.4 Å². The highest BCUT2D eigenvalue weighted by Gasteiger charge is 2.22. The number of aromatic nitrogens is 1. The molecule has 6 nitrogen and oxygen atoms in total. The third kappa shape index (κ3) is 5.05. The van der Waals surface area contributed by atoms with Crippen LogP contribution in [0, 0.1) is 6.92 Å². The minimum atomic E-state index is -0.365. The number of thiazole rings is 1. The first kappa shape index (κ1) is 22.7. The van der Waals surface area contributed by atoms with E-state index < -0.39 is 0 Å². The number of aryl methyl sites for hydroxylation is 1. The number of nitrogens with one attached hydrogen (secondary N) is 1. The van der Waals surface area contributed by atoms with Crippen molar-refractivity contribution in [1.29, 1.82) is 0 Å². The maximum absolute atomic E-state index is 13.2. The molecular formula is C28H24N2O4S. The molecule has 1 N–H and O–H groups in total. The Hall–Kier alpha value is -4.10. The number of para-hydroxylation sites is 3. The zero-order valence-electron chi connectivity index (χ0n) is 19.4. The van der Waals surface area contributed by atoms with Crippen LogP contribution in [-0.4, -0.2) is 18.0 Å². The van der Waals surface area contributed by atoms with Crippen LogP contribution in [-0.2, 0) is 13.0 Å². The van der Waals surface area contributed by atoms with E-state index in [9.17, 15) is 4.79 Å². The first-order chi connectivity index (χ1) is 17.1. The molecule has 0 aliphatic heterocycles. The van der Waals surface area contributed by atoms with E-state index in [-0.39, 0.29) is 18.3 Å². The third-order valence-corrected chi connectivity index (χ3v) is 6.53. The Labute approximate surface area is 207 Å². The molecule has 0 spiro atoms. The summed E-state index contributed by atoms with van der Waals surface area (Å²) in [5.41, 5.74) is 3.71. The highest BCUT2D eigenvalue weighted by Crippen LogP contribution is 2.31. The maximum Gasteiger partial charge on any atom is 0.293 e. The Morgan fingerprint density at radius 3 is 2.54 bits per heavy atom. The Kier molecular flexibility index (Phi) is 6.50. The van der Waals surface area contributed by atoms with Crippen LogP contribution < -0.4 is 14.8 Å². The van der Waals surface area contributed by atoms with Gasteiger partial charge in [0.2, 0.25) is 0 Å². The molecule has 0 aliphatic carbocycles. The van der Waals surface area contributed by atoms with Crippen molar-refractivity contribution in [2.24, 2.45) is 0 Å². The number of nitrogens with zero attached hydrogens (tertiary/aromatic N) is 1. The summed E-state index contributed by atoms with van der Waals surface area (Å²) in [6.45, 7) is 2.22. The zero-order chi connectivity index (χ0) is 24.2. The topological polar surface area (TPSA) is 73.6 Å². The number of hydrogen-bond donors (Lipinski definition) is 1. The second kappa shape index (κ2) is 10.0. The van der Waals surface area contributed by atoms with Gasteiger partial charge in [0.15, 0.2) is 22.4 Å². The molecular weight excluding hydrogens is 460 g/mol. The van der Waals surface area contributed by atoms with Gasteiger partial charge >= 0.3 is 0 Å². The van der Waals surface area contributed by atoms with Gasteiger partial charge in [0.1, 0.15) is 12.2 Å². The monoisotopic (exact) mass is 484 g/mol. The van der Waals surface area contributed by atoms with E-state index >= 15 is 0 Å². The number of methoxy groups -OCH3 is 1. The quantitative estimate of drug-likeness (QED) is 0.268. The molecule has 5 aromatic rings. The lowest BCUT2D eigenvalue weighted by Gasteiger charge is -2.10. The van der Waals surface area contributed by atoms with Gasteiger partial charge in [-0.05, 0) is 30.7 Å². The van der Waals surface area contributed by atoms with E-state index in [4.69, 9.17) is 13.9 Å². The van der Waals surface area contributed by atoms with Crippen molar-refractivity contribution in [1.82, 2.24) is 4.98 Å². The average Bonchev–Trinajstić information content (AvgIpc) is 3.48. The summed E-state index contributed by atoms with van der Waals surface area (Å²) >= 11 is 1.45. The highest BCUT2D eigenvalue weighted by atomic mass is 32.1. The minimum Gasteiger partial charge on any atom is -0.493 e. The van der Waals surface area contributed by atoms with Crippen molar-refractivity contribution in [3.05, 3.63) is 106 Å². The van der Waals surface area contributed by atoms with Gasteiger partial charge in [-0.2, -0.15) is 0 Å². The molecule has 0 unspecified atom stereocenters. The molecule has 0 radical (unpaired) electrons. The average molecular weight is 485 g/mol. The minimum absolute atomic E-state index is 0.149. The lowest BCUT2D eigenvalue weighted by molar-refractivity contribution is 0.0995. The van der Waals surface area contributed by atoms with Crippen LogP contribution in [0.1, 0.15) is 32.1 Å². The van der Waals surface area contributed by atoms with Gasteiger partial charge < -0.3 is 13.9 Å². The third-order valence-electron chi connectivity index (χ3n) is 5.62. The molecule has 0 atom stereocenters. The number of rotatable bonds is 8. The summed E-state index contributed by atoms with van der Waals surface area (Å²) in [6, 6.07) is 23.3. The number of anilines is 1. The standard InChI is InChI=1S/C28H24N2O4S/c1-18-11-13-19(14-12-18)15-20-16-29-28(35-20)30-27(31)26-22(21-7-3-4-8-23(21)34-26)17-33-25-10-6-5-9-24(25)32-2/h3-14,16H,15,17H2,1-2H3,(H,29,30,31). The number of ether oxygens (including phenoxy) is 2. The van der Waals surface area contributed by atoms with Crippen LogP contribution in [0.3, 0.4) is 0 Å². The number of carbonyl (C=O) groups excluding carboxylic acids is 1. The molecule has 0 saturated carbocycles. The highest BCUT2D eigenvalue weighted by molar-refractivity contribution is 7.15. The molecule has 35 heavy (non-hydrogen) atoms. The van der Waals surface area contributed by atoms with Gasteiger partial charge in [-0.3, -0.25) is 10.1 Å². The second-order valence-electron chi connectivity index (χ2n) is 8.09. The molecule has 7 heteroatoms. The Bertz CT molecular complexity index is 1470. The number of furan rings is 1. The normalized spacial score (nSPS) is 10.9. The maximum atomic E-state index is 13.2. The fourth-order valence-corrected chi connectivity index (χ4v) is 4.66. The molecule has 176 valence electrons. The number of benzene rings is 3. The van der Waals surface area contributed by atoms with Crippen molar-refractivity contribution in [3.63, 3.8) is 0 Å². The molecule has 1 amide bonds. The van der Waals surface area contributed by atoms with E-state index in [1.807, 2.05) is 48.5 Å². The van der Waals surface area contributed by atoms with E-state index in [1.54, 1.807) is 13.3 Å². The first-order valence-electron chi connectivity index (χ1n) is 11.2. The number of amides is 1. The zero-order valence-corrected chi connectivity index (χ0v) is 20.2. The summed E-state index contributed by atoms with van der Waals surface area (Å²) in [5, 5.41) is 4.24. The number of hydrogen-bond acceptors (Lipinski definition) is 6. The van der Waals surface area contributed by atoms with Crippen LogP contribution in [0.25, 0.3) is 11.0 Å². The molecule has 2 aromatic heterocycles. The number of carbonyl (C=O) groups is 1. The van der Waals surface area contributed by atoms with Gasteiger partial charge in [0.05, 0.1) is 7.11 Å². The van der Waals surface area contributed by atoms with Gasteiger partial charge in [-0.15, -0.1) is 11.3 Å². The van der Waals surface area contributed by atoms with Gasteiger partial charge in [0.25, 0.3) is 5.91 Å². The van der Waals surface area contributed by atoms with Crippen molar-refractivity contribution < 1.29 is 18.7 Å².